The number of carboxylic acid groups (broad SMARTS) is 1. The average molecular weight is 290 g/mol. The molecule has 21 heavy (non-hydrogen) atoms. The highest BCUT2D eigenvalue weighted by atomic mass is 19.1. The molecule has 0 heterocycles. The second-order valence-corrected chi connectivity index (χ2v) is 4.70. The minimum atomic E-state index is -1.31. The monoisotopic (exact) mass is 290 g/mol. The van der Waals surface area contributed by atoms with Crippen LogP contribution in [-0.2, 0) is 14.3 Å². The fraction of sp³-hybridized carbons (Fsp3) is 0.250. The van der Waals surface area contributed by atoms with Crippen LogP contribution in [0.2, 0.25) is 0 Å². The molecule has 0 atom stereocenters. The Morgan fingerprint density at radius 2 is 1.95 bits per heavy atom. The van der Waals surface area contributed by atoms with Gasteiger partial charge in [0.2, 0.25) is 5.78 Å². The predicted octanol–water partition coefficient (Wildman–Crippen LogP) is 2.95. The molecule has 0 saturated carbocycles. The Bertz CT molecular complexity index is 653. The van der Waals surface area contributed by atoms with Crippen molar-refractivity contribution in [3.8, 4) is 0 Å². The zero-order valence-electron chi connectivity index (χ0n) is 11.8. The molecular formula is C16H15FO4. The van der Waals surface area contributed by atoms with Gasteiger partial charge < -0.3 is 9.84 Å². The number of hydrogen-bond acceptors (Lipinski definition) is 3. The van der Waals surface area contributed by atoms with Crippen molar-refractivity contribution in [2.24, 2.45) is 0 Å². The topological polar surface area (TPSA) is 63.6 Å². The first-order chi connectivity index (χ1) is 9.95. The summed E-state index contributed by atoms with van der Waals surface area (Å²) in [7, 11) is 0. The highest BCUT2D eigenvalue weighted by molar-refractivity contribution is 6.38. The van der Waals surface area contributed by atoms with E-state index < -0.39 is 17.6 Å². The van der Waals surface area contributed by atoms with Crippen molar-refractivity contribution >= 4 is 17.3 Å². The van der Waals surface area contributed by atoms with Gasteiger partial charge in [-0.15, -0.1) is 0 Å². The lowest BCUT2D eigenvalue weighted by Gasteiger charge is -2.21. The molecular weight excluding hydrogens is 275 g/mol. The molecule has 0 unspecified atom stereocenters. The molecule has 0 bridgehead atoms. The Hall–Kier alpha value is -2.43. The summed E-state index contributed by atoms with van der Waals surface area (Å²) in [5.41, 5.74) is 1.17. The zero-order chi connectivity index (χ0) is 15.6. The van der Waals surface area contributed by atoms with E-state index in [2.05, 4.69) is 0 Å². The first-order valence-electron chi connectivity index (χ1n) is 6.55. The standard InChI is InChI=1S/C16H15FO4/c1-3-21-12-8-9(2)13(15(18)14(12)16(19)20)10-4-6-11(17)7-5-10/h4-7H,3,8H2,1-2H3,(H,19,20). The van der Waals surface area contributed by atoms with Crippen LogP contribution in [0.1, 0.15) is 25.8 Å². The molecule has 4 nitrogen and oxygen atoms in total. The van der Waals surface area contributed by atoms with Gasteiger partial charge in [0.15, 0.2) is 0 Å². The van der Waals surface area contributed by atoms with Crippen molar-refractivity contribution in [3.63, 3.8) is 0 Å². The van der Waals surface area contributed by atoms with Gasteiger partial charge in [0.05, 0.1) is 6.61 Å². The molecule has 1 aliphatic carbocycles. The van der Waals surface area contributed by atoms with E-state index in [1.54, 1.807) is 13.8 Å². The van der Waals surface area contributed by atoms with Crippen molar-refractivity contribution in [1.29, 1.82) is 0 Å². The van der Waals surface area contributed by atoms with Gasteiger partial charge in [-0.1, -0.05) is 17.7 Å². The summed E-state index contributed by atoms with van der Waals surface area (Å²) in [6.45, 7) is 3.76. The van der Waals surface area contributed by atoms with Crippen LogP contribution in [0.3, 0.4) is 0 Å². The van der Waals surface area contributed by atoms with Crippen LogP contribution >= 0.6 is 0 Å². The van der Waals surface area contributed by atoms with Crippen molar-refractivity contribution in [2.45, 2.75) is 20.3 Å². The van der Waals surface area contributed by atoms with Crippen LogP contribution in [0.5, 0.6) is 0 Å². The molecule has 0 amide bonds. The number of carboxylic acids is 1. The Balaban J connectivity index is 2.50. The SMILES string of the molecule is CCOC1=C(C(=O)O)C(=O)C(c2ccc(F)cc2)=C(C)C1. The normalized spacial score (nSPS) is 15.5. The third-order valence-corrected chi connectivity index (χ3v) is 3.25. The molecule has 0 fully saturated rings. The molecule has 1 aromatic rings. The van der Waals surface area contributed by atoms with Gasteiger partial charge >= 0.3 is 5.97 Å². The summed E-state index contributed by atoms with van der Waals surface area (Å²) >= 11 is 0. The quantitative estimate of drug-likeness (QED) is 0.866. The first-order valence-corrected chi connectivity index (χ1v) is 6.55. The van der Waals surface area contributed by atoms with E-state index in [1.807, 2.05) is 0 Å². The summed E-state index contributed by atoms with van der Waals surface area (Å²) in [4.78, 5) is 23.8. The first kappa shape index (κ1) is 15.0. The third kappa shape index (κ3) is 2.86. The summed E-state index contributed by atoms with van der Waals surface area (Å²) in [5.74, 6) is -2.14. The van der Waals surface area contributed by atoms with Gasteiger partial charge in [-0.25, -0.2) is 9.18 Å². The van der Waals surface area contributed by atoms with E-state index in [9.17, 15) is 19.1 Å². The number of ketones is 1. The number of aliphatic carboxylic acids is 1. The van der Waals surface area contributed by atoms with Gasteiger partial charge in [0.1, 0.15) is 17.1 Å². The molecule has 0 aromatic heterocycles. The number of rotatable bonds is 4. The number of allylic oxidation sites excluding steroid dienone is 2. The van der Waals surface area contributed by atoms with Crippen molar-refractivity contribution < 1.29 is 23.8 Å². The van der Waals surface area contributed by atoms with Crippen LogP contribution < -0.4 is 0 Å². The van der Waals surface area contributed by atoms with Crippen LogP contribution in [0.4, 0.5) is 4.39 Å². The molecule has 5 heteroatoms. The van der Waals surface area contributed by atoms with Crippen molar-refractivity contribution in [1.82, 2.24) is 0 Å². The summed E-state index contributed by atoms with van der Waals surface area (Å²) < 4.78 is 18.3. The fourth-order valence-corrected chi connectivity index (χ4v) is 2.37. The number of ether oxygens (including phenoxy) is 1. The molecule has 110 valence electrons. The lowest BCUT2D eigenvalue weighted by molar-refractivity contribution is -0.134. The number of halogens is 1. The van der Waals surface area contributed by atoms with Crippen molar-refractivity contribution in [2.75, 3.05) is 6.61 Å². The number of carbonyl (C=O) groups is 2. The Labute approximate surface area is 121 Å². The van der Waals surface area contributed by atoms with E-state index in [-0.39, 0.29) is 17.8 Å². The predicted molar refractivity (Wildman–Crippen MR) is 74.9 cm³/mol. The van der Waals surface area contributed by atoms with E-state index in [0.717, 1.165) is 0 Å². The minimum absolute atomic E-state index is 0.179. The maximum atomic E-state index is 13.0. The molecule has 1 aromatic carbocycles. The van der Waals surface area contributed by atoms with E-state index >= 15 is 0 Å². The van der Waals surface area contributed by atoms with Gasteiger partial charge in [-0.2, -0.15) is 0 Å². The molecule has 1 aliphatic rings. The highest BCUT2D eigenvalue weighted by Gasteiger charge is 2.32. The molecule has 2 rings (SSSR count). The van der Waals surface area contributed by atoms with Crippen LogP contribution in [0, 0.1) is 5.82 Å². The van der Waals surface area contributed by atoms with E-state index in [0.29, 0.717) is 23.3 Å². The van der Waals surface area contributed by atoms with Crippen LogP contribution in [0.25, 0.3) is 5.57 Å². The average Bonchev–Trinajstić information content (AvgIpc) is 2.40. The van der Waals surface area contributed by atoms with Crippen LogP contribution in [0.15, 0.2) is 41.2 Å². The summed E-state index contributed by atoms with van der Waals surface area (Å²) in [6.07, 6.45) is 0.258. The second kappa shape index (κ2) is 5.91. The Kier molecular flexibility index (Phi) is 4.21. The maximum absolute atomic E-state index is 13.0. The van der Waals surface area contributed by atoms with Crippen LogP contribution in [-0.4, -0.2) is 23.5 Å². The zero-order valence-corrected chi connectivity index (χ0v) is 11.8. The number of Topliss-reactive ketones (excluding diaryl/α,β-unsaturated/α-hetero) is 1. The summed E-state index contributed by atoms with van der Waals surface area (Å²) in [6, 6.07) is 5.42. The highest BCUT2D eigenvalue weighted by Crippen LogP contribution is 2.34. The summed E-state index contributed by atoms with van der Waals surface area (Å²) in [5, 5.41) is 9.26. The third-order valence-electron chi connectivity index (χ3n) is 3.25. The smallest absolute Gasteiger partial charge is 0.343 e. The fourth-order valence-electron chi connectivity index (χ4n) is 2.37. The largest absolute Gasteiger partial charge is 0.497 e. The molecule has 1 N–H and O–H groups in total. The molecule has 0 radical (unpaired) electrons. The lowest BCUT2D eigenvalue weighted by Crippen LogP contribution is -2.22. The second-order valence-electron chi connectivity index (χ2n) is 4.70. The van der Waals surface area contributed by atoms with Gasteiger partial charge in [0, 0.05) is 12.0 Å². The molecule has 0 aliphatic heterocycles. The maximum Gasteiger partial charge on any atom is 0.343 e. The Morgan fingerprint density at radius 3 is 2.48 bits per heavy atom. The van der Waals surface area contributed by atoms with Gasteiger partial charge in [-0.3, -0.25) is 4.79 Å². The van der Waals surface area contributed by atoms with Gasteiger partial charge in [-0.05, 0) is 31.5 Å². The Morgan fingerprint density at radius 1 is 1.33 bits per heavy atom. The number of hydrogen-bond donors (Lipinski definition) is 1. The molecule has 0 saturated heterocycles. The van der Waals surface area contributed by atoms with E-state index in [4.69, 9.17) is 4.74 Å². The van der Waals surface area contributed by atoms with E-state index in [1.165, 1.54) is 24.3 Å². The number of carbonyl (C=O) groups excluding carboxylic acids is 1. The number of benzene rings is 1. The van der Waals surface area contributed by atoms with Gasteiger partial charge in [0.25, 0.3) is 0 Å². The lowest BCUT2D eigenvalue weighted by atomic mass is 9.85. The molecule has 0 spiro atoms. The van der Waals surface area contributed by atoms with Crippen molar-refractivity contribution in [3.05, 3.63) is 52.6 Å². The minimum Gasteiger partial charge on any atom is -0.497 e.